The van der Waals surface area contributed by atoms with E-state index in [1.54, 1.807) is 0 Å². The number of benzene rings is 1. The molecule has 0 spiro atoms. The van der Waals surface area contributed by atoms with Gasteiger partial charge < -0.3 is 0 Å². The van der Waals surface area contributed by atoms with E-state index in [-0.39, 0.29) is 0 Å². The van der Waals surface area contributed by atoms with E-state index in [0.717, 1.165) is 6.42 Å². The van der Waals surface area contributed by atoms with E-state index in [9.17, 15) is 4.57 Å². The maximum atomic E-state index is 11.7. The second-order valence-electron chi connectivity index (χ2n) is 4.74. The highest BCUT2D eigenvalue weighted by Crippen LogP contribution is 2.30. The maximum absolute atomic E-state index is 11.7. The Kier molecular flexibility index (Phi) is 5.15. The molecule has 1 aliphatic rings. The Labute approximate surface area is 104 Å². The van der Waals surface area contributed by atoms with Gasteiger partial charge in [-0.25, -0.2) is 0 Å². The van der Waals surface area contributed by atoms with Gasteiger partial charge in [0.1, 0.15) is 6.61 Å². The lowest BCUT2D eigenvalue weighted by Crippen LogP contribution is -2.02. The molecule has 92 valence electrons. The van der Waals surface area contributed by atoms with Gasteiger partial charge in [0.2, 0.25) is 0 Å². The third kappa shape index (κ3) is 4.57. The van der Waals surface area contributed by atoms with Gasteiger partial charge in [0.15, 0.2) is 6.16 Å². The summed E-state index contributed by atoms with van der Waals surface area (Å²) in [6.45, 7) is 0.698. The van der Waals surface area contributed by atoms with E-state index < -0.39 is 8.03 Å². The van der Waals surface area contributed by atoms with Crippen LogP contribution in [0.15, 0.2) is 30.3 Å². The Bertz CT molecular complexity index is 344. The van der Waals surface area contributed by atoms with Gasteiger partial charge in [-0.05, 0) is 28.9 Å². The predicted octanol–water partition coefficient (Wildman–Crippen LogP) is 4.18. The first-order valence-corrected chi connectivity index (χ1v) is 7.82. The van der Waals surface area contributed by atoms with Gasteiger partial charge in [0.25, 0.3) is 0 Å². The van der Waals surface area contributed by atoms with Crippen LogP contribution >= 0.6 is 8.03 Å². The Morgan fingerprint density at radius 1 is 1.18 bits per heavy atom. The largest absolute Gasteiger partial charge is 0.508 e. The van der Waals surface area contributed by atoms with Crippen molar-refractivity contribution in [2.24, 2.45) is 5.92 Å². The molecule has 1 aliphatic carbocycles. The molecule has 1 aromatic carbocycles. The van der Waals surface area contributed by atoms with Crippen molar-refractivity contribution in [3.05, 3.63) is 35.9 Å². The summed E-state index contributed by atoms with van der Waals surface area (Å²) in [5.74, 6) is 0.658. The van der Waals surface area contributed by atoms with E-state index in [1.165, 1.54) is 31.2 Å². The van der Waals surface area contributed by atoms with Gasteiger partial charge >= 0.3 is 8.03 Å². The van der Waals surface area contributed by atoms with Crippen molar-refractivity contribution in [3.63, 3.8) is 0 Å². The molecule has 1 aromatic rings. The molecule has 0 N–H and O–H groups in total. The highest BCUT2D eigenvalue weighted by atomic mass is 31.1. The van der Waals surface area contributed by atoms with Crippen molar-refractivity contribution in [2.75, 3.05) is 12.8 Å². The highest BCUT2D eigenvalue weighted by Gasteiger charge is 2.22. The van der Waals surface area contributed by atoms with E-state index in [4.69, 9.17) is 4.52 Å². The average Bonchev–Trinajstić information content (AvgIpc) is 2.88. The molecule has 0 heterocycles. The van der Waals surface area contributed by atoms with Crippen molar-refractivity contribution >= 4 is 8.03 Å². The Morgan fingerprint density at radius 3 is 2.59 bits per heavy atom. The van der Waals surface area contributed by atoms with Crippen molar-refractivity contribution < 1.29 is 9.09 Å². The summed E-state index contributed by atoms with van der Waals surface area (Å²) in [5.41, 5.74) is 1.24. The normalized spacial score (nSPS) is 17.3. The molecule has 2 nitrogen and oxygen atoms in total. The molecule has 1 fully saturated rings. The van der Waals surface area contributed by atoms with E-state index in [1.807, 2.05) is 18.2 Å². The van der Waals surface area contributed by atoms with Gasteiger partial charge in [0, 0.05) is 6.42 Å². The van der Waals surface area contributed by atoms with Crippen LogP contribution in [0.5, 0.6) is 0 Å². The Morgan fingerprint density at radius 2 is 1.88 bits per heavy atom. The number of rotatable bonds is 6. The van der Waals surface area contributed by atoms with Crippen LogP contribution in [-0.2, 0) is 15.5 Å². The van der Waals surface area contributed by atoms with Crippen molar-refractivity contribution in [1.29, 1.82) is 0 Å². The molecule has 17 heavy (non-hydrogen) atoms. The van der Waals surface area contributed by atoms with Gasteiger partial charge in [-0.3, -0.25) is 0 Å². The van der Waals surface area contributed by atoms with Crippen molar-refractivity contribution in [1.82, 2.24) is 0 Å². The third-order valence-corrected chi connectivity index (χ3v) is 4.38. The van der Waals surface area contributed by atoms with Gasteiger partial charge in [-0.2, -0.15) is 0 Å². The molecule has 3 heteroatoms. The number of aryl methyl sites for hydroxylation is 1. The van der Waals surface area contributed by atoms with Crippen LogP contribution in [0.4, 0.5) is 0 Å². The van der Waals surface area contributed by atoms with Gasteiger partial charge in [-0.1, -0.05) is 43.2 Å². The maximum Gasteiger partial charge on any atom is 0.508 e. The third-order valence-electron chi connectivity index (χ3n) is 3.35. The van der Waals surface area contributed by atoms with E-state index in [2.05, 4.69) is 12.1 Å². The second-order valence-corrected chi connectivity index (χ2v) is 6.11. The van der Waals surface area contributed by atoms with Crippen LogP contribution in [0.1, 0.15) is 31.2 Å². The topological polar surface area (TPSA) is 26.3 Å². The molecular formula is C14H20O2P+. The lowest BCUT2D eigenvalue weighted by atomic mass is 10.1. The summed E-state index contributed by atoms with van der Waals surface area (Å²) in [7, 11) is -1.47. The van der Waals surface area contributed by atoms with Gasteiger partial charge in [-0.15, -0.1) is 4.52 Å². The van der Waals surface area contributed by atoms with E-state index in [0.29, 0.717) is 18.7 Å². The summed E-state index contributed by atoms with van der Waals surface area (Å²) in [4.78, 5) is 0. The predicted molar refractivity (Wildman–Crippen MR) is 70.5 cm³/mol. The van der Waals surface area contributed by atoms with Crippen LogP contribution < -0.4 is 0 Å². The summed E-state index contributed by atoms with van der Waals surface area (Å²) >= 11 is 0. The molecule has 1 saturated carbocycles. The molecule has 0 aromatic heterocycles. The Hall–Kier alpha value is -0.720. The first-order valence-electron chi connectivity index (χ1n) is 6.46. The zero-order valence-electron chi connectivity index (χ0n) is 10.2. The number of hydrogen-bond donors (Lipinski definition) is 0. The fraction of sp³-hybridized carbons (Fsp3) is 0.571. The van der Waals surface area contributed by atoms with E-state index >= 15 is 0 Å². The van der Waals surface area contributed by atoms with Crippen LogP contribution in [0.2, 0.25) is 0 Å². The highest BCUT2D eigenvalue weighted by molar-refractivity contribution is 7.39. The van der Waals surface area contributed by atoms with Crippen LogP contribution in [0.25, 0.3) is 0 Å². The monoisotopic (exact) mass is 251 g/mol. The summed E-state index contributed by atoms with van der Waals surface area (Å²) in [6, 6.07) is 10.2. The lowest BCUT2D eigenvalue weighted by Gasteiger charge is -2.02. The first kappa shape index (κ1) is 12.7. The smallest absolute Gasteiger partial charge is 0.146 e. The van der Waals surface area contributed by atoms with Crippen molar-refractivity contribution in [3.8, 4) is 0 Å². The minimum atomic E-state index is -1.47. The fourth-order valence-corrected chi connectivity index (χ4v) is 3.24. The van der Waals surface area contributed by atoms with Crippen LogP contribution in [0, 0.1) is 5.92 Å². The van der Waals surface area contributed by atoms with Gasteiger partial charge in [0.05, 0.1) is 0 Å². The summed E-state index contributed by atoms with van der Waals surface area (Å²) in [6.07, 6.45) is 6.63. The zero-order valence-corrected chi connectivity index (χ0v) is 11.1. The molecular weight excluding hydrogens is 231 g/mol. The standard InChI is InChI=1S/C14H20O2P/c15-17(16-12-14-8-4-5-9-14)11-10-13-6-2-1-3-7-13/h1-3,6-7,14H,4-5,8-12H2/q+1. The average molecular weight is 251 g/mol. The molecule has 0 saturated heterocycles. The zero-order chi connectivity index (χ0) is 11.9. The van der Waals surface area contributed by atoms with Crippen LogP contribution in [0.3, 0.4) is 0 Å². The molecule has 2 rings (SSSR count). The molecule has 1 unspecified atom stereocenters. The first-order chi connectivity index (χ1) is 8.34. The van der Waals surface area contributed by atoms with Crippen molar-refractivity contribution in [2.45, 2.75) is 32.1 Å². The summed E-state index contributed by atoms with van der Waals surface area (Å²) in [5, 5.41) is 0. The molecule has 0 amide bonds. The van der Waals surface area contributed by atoms with Crippen LogP contribution in [-0.4, -0.2) is 12.8 Å². The SMILES string of the molecule is O=[P+](CCc1ccccc1)OCC1CCCC1. The minimum absolute atomic E-state index is 0.645. The summed E-state index contributed by atoms with van der Waals surface area (Å²) < 4.78 is 17.2. The molecule has 0 bridgehead atoms. The molecule has 1 atom stereocenters. The second kappa shape index (κ2) is 6.88. The Balaban J connectivity index is 1.64. The quantitative estimate of drug-likeness (QED) is 0.709. The lowest BCUT2D eigenvalue weighted by molar-refractivity contribution is 0.263. The minimum Gasteiger partial charge on any atom is -0.146 e. The fourth-order valence-electron chi connectivity index (χ4n) is 2.30. The molecule has 0 aliphatic heterocycles. The molecule has 0 radical (unpaired) electrons. The number of hydrogen-bond acceptors (Lipinski definition) is 2.